The Bertz CT molecular complexity index is 1120. The van der Waals surface area contributed by atoms with E-state index in [0.29, 0.717) is 28.8 Å². The van der Waals surface area contributed by atoms with E-state index < -0.39 is 24.7 Å². The van der Waals surface area contributed by atoms with Gasteiger partial charge in [-0.15, -0.1) is 22.7 Å². The third-order valence-electron chi connectivity index (χ3n) is 5.45. The summed E-state index contributed by atoms with van der Waals surface area (Å²) in [6.07, 6.45) is -0.241. The predicted molar refractivity (Wildman–Crippen MR) is 122 cm³/mol. The summed E-state index contributed by atoms with van der Waals surface area (Å²) in [7, 11) is 0. The molecule has 0 saturated carbocycles. The van der Waals surface area contributed by atoms with Crippen molar-refractivity contribution in [3.63, 3.8) is 0 Å². The molecule has 3 atom stereocenters. The number of benzene rings is 1. The van der Waals surface area contributed by atoms with Gasteiger partial charge in [-0.05, 0) is 25.8 Å². The molecule has 4 rings (SSSR count). The van der Waals surface area contributed by atoms with Crippen molar-refractivity contribution in [3.8, 4) is 10.6 Å². The average molecular weight is 475 g/mol. The molecule has 1 unspecified atom stereocenters. The number of likely N-dealkylation sites (tertiary alicyclic amines) is 1. The lowest BCUT2D eigenvalue weighted by molar-refractivity contribution is -0.137. The van der Waals surface area contributed by atoms with Crippen molar-refractivity contribution in [1.82, 2.24) is 14.9 Å². The minimum atomic E-state index is -1.14. The van der Waals surface area contributed by atoms with Gasteiger partial charge in [0.2, 0.25) is 5.91 Å². The van der Waals surface area contributed by atoms with Crippen LogP contribution in [0.25, 0.3) is 10.6 Å². The number of amides is 2. The van der Waals surface area contributed by atoms with Crippen LogP contribution in [0, 0.1) is 6.92 Å². The second-order valence-electron chi connectivity index (χ2n) is 7.71. The number of anilines is 1. The van der Waals surface area contributed by atoms with Crippen LogP contribution in [0.2, 0.25) is 0 Å². The van der Waals surface area contributed by atoms with Gasteiger partial charge in [-0.25, -0.2) is 14.4 Å². The molecule has 0 bridgehead atoms. The van der Waals surface area contributed by atoms with E-state index in [-0.39, 0.29) is 11.8 Å². The van der Waals surface area contributed by atoms with Gasteiger partial charge in [0, 0.05) is 17.8 Å². The van der Waals surface area contributed by atoms with Gasteiger partial charge >= 0.3 is 0 Å². The number of aryl methyl sites for hydroxylation is 1. The highest BCUT2D eigenvalue weighted by Gasteiger charge is 2.40. The van der Waals surface area contributed by atoms with Gasteiger partial charge < -0.3 is 15.3 Å². The van der Waals surface area contributed by atoms with Crippen LogP contribution in [-0.4, -0.2) is 51.0 Å². The topological polar surface area (TPSA) is 95.4 Å². The van der Waals surface area contributed by atoms with Gasteiger partial charge in [-0.3, -0.25) is 9.59 Å². The van der Waals surface area contributed by atoms with Crippen LogP contribution in [0.15, 0.2) is 35.7 Å². The number of halogens is 1. The molecule has 1 aliphatic heterocycles. The third kappa shape index (κ3) is 4.57. The molecule has 0 spiro atoms. The Balaban J connectivity index is 1.51. The molecule has 3 aromatic rings. The van der Waals surface area contributed by atoms with E-state index in [0.717, 1.165) is 16.1 Å². The first kappa shape index (κ1) is 22.5. The highest BCUT2D eigenvalue weighted by Crippen LogP contribution is 2.35. The fourth-order valence-electron chi connectivity index (χ4n) is 3.86. The Labute approximate surface area is 193 Å². The molecule has 168 valence electrons. The number of alkyl halides is 1. The molecule has 7 nitrogen and oxygen atoms in total. The van der Waals surface area contributed by atoms with Crippen LogP contribution in [0.5, 0.6) is 0 Å². The van der Waals surface area contributed by atoms with Crippen molar-refractivity contribution in [2.75, 3.05) is 18.5 Å². The Morgan fingerprint density at radius 3 is 2.72 bits per heavy atom. The van der Waals surface area contributed by atoms with Crippen LogP contribution in [-0.2, 0) is 9.59 Å². The smallest absolute Gasteiger partial charge is 0.254 e. The van der Waals surface area contributed by atoms with Crippen molar-refractivity contribution in [2.45, 2.75) is 38.3 Å². The SMILES string of the molecule is Cc1nc(C(C)O)sc1-c1csc(NC(=O)[C@@H]2C[C@@H](c3ccccc3)CN2C(=O)CF)n1. The molecule has 0 aliphatic carbocycles. The molecule has 3 heterocycles. The lowest BCUT2D eigenvalue weighted by Crippen LogP contribution is -2.43. The molecule has 1 aliphatic rings. The first-order valence-corrected chi connectivity index (χ1v) is 11.9. The number of hydrogen-bond donors (Lipinski definition) is 2. The van der Waals surface area contributed by atoms with E-state index in [9.17, 15) is 19.1 Å². The summed E-state index contributed by atoms with van der Waals surface area (Å²) in [5.74, 6) is -1.10. The molecule has 1 fully saturated rings. The number of hydrogen-bond acceptors (Lipinski definition) is 7. The summed E-state index contributed by atoms with van der Waals surface area (Å²) < 4.78 is 13.2. The van der Waals surface area contributed by atoms with Gasteiger partial charge in [-0.1, -0.05) is 30.3 Å². The number of thiazole rings is 2. The zero-order valence-electron chi connectivity index (χ0n) is 17.6. The lowest BCUT2D eigenvalue weighted by Gasteiger charge is -2.22. The molecule has 0 radical (unpaired) electrons. The Hall–Kier alpha value is -2.69. The molecule has 1 aromatic carbocycles. The fraction of sp³-hybridized carbons (Fsp3) is 0.364. The van der Waals surface area contributed by atoms with Gasteiger partial charge in [-0.2, -0.15) is 0 Å². The standard InChI is InChI=1S/C22H23FN4O3S2/c1-12-19(32-21(24-12)13(2)28)16-11-31-22(25-16)26-20(30)17-8-15(10-27(17)18(29)9-23)14-6-4-3-5-7-14/h3-7,11,13,15,17,28H,8-10H2,1-2H3,(H,25,26,30)/t13?,15-,17+/m1/s1. The first-order chi connectivity index (χ1) is 15.4. The van der Waals surface area contributed by atoms with Crippen LogP contribution in [0.3, 0.4) is 0 Å². The van der Waals surface area contributed by atoms with Gasteiger partial charge in [0.25, 0.3) is 5.91 Å². The van der Waals surface area contributed by atoms with Gasteiger partial charge in [0.05, 0.1) is 16.3 Å². The maximum absolute atomic E-state index is 13.2. The van der Waals surface area contributed by atoms with Crippen molar-refractivity contribution >= 4 is 39.6 Å². The minimum absolute atomic E-state index is 0.0342. The monoisotopic (exact) mass is 474 g/mol. The van der Waals surface area contributed by atoms with Crippen LogP contribution < -0.4 is 5.32 Å². The van der Waals surface area contributed by atoms with Crippen molar-refractivity contribution < 1.29 is 19.1 Å². The second kappa shape index (κ2) is 9.43. The molecular formula is C22H23FN4O3S2. The second-order valence-corrected chi connectivity index (χ2v) is 9.60. The number of nitrogens with zero attached hydrogens (tertiary/aromatic N) is 3. The van der Waals surface area contributed by atoms with Crippen LogP contribution in [0.1, 0.15) is 41.6 Å². The largest absolute Gasteiger partial charge is 0.386 e. The summed E-state index contributed by atoms with van der Waals surface area (Å²) in [6, 6.07) is 8.87. The van der Waals surface area contributed by atoms with Crippen molar-refractivity contribution in [1.29, 1.82) is 0 Å². The molecule has 2 aromatic heterocycles. The number of aromatic nitrogens is 2. The summed E-state index contributed by atoms with van der Waals surface area (Å²) >= 11 is 2.63. The minimum Gasteiger partial charge on any atom is -0.386 e. The highest BCUT2D eigenvalue weighted by molar-refractivity contribution is 7.17. The van der Waals surface area contributed by atoms with E-state index in [1.54, 1.807) is 6.92 Å². The van der Waals surface area contributed by atoms with E-state index in [2.05, 4.69) is 15.3 Å². The highest BCUT2D eigenvalue weighted by atomic mass is 32.1. The molecule has 1 saturated heterocycles. The zero-order valence-corrected chi connectivity index (χ0v) is 19.3. The average Bonchev–Trinajstić information content (AvgIpc) is 3.52. The maximum Gasteiger partial charge on any atom is 0.254 e. The van der Waals surface area contributed by atoms with E-state index >= 15 is 0 Å². The number of aliphatic hydroxyl groups excluding tert-OH is 1. The van der Waals surface area contributed by atoms with E-state index in [4.69, 9.17) is 0 Å². The van der Waals surface area contributed by atoms with Gasteiger partial charge in [0.15, 0.2) is 11.8 Å². The Kier molecular flexibility index (Phi) is 6.63. The maximum atomic E-state index is 13.2. The summed E-state index contributed by atoms with van der Waals surface area (Å²) in [6.45, 7) is 2.67. The number of nitrogens with one attached hydrogen (secondary N) is 1. The Morgan fingerprint density at radius 2 is 2.06 bits per heavy atom. The number of aliphatic hydroxyl groups is 1. The zero-order chi connectivity index (χ0) is 22.8. The van der Waals surface area contributed by atoms with E-state index in [1.807, 2.05) is 42.6 Å². The molecule has 2 N–H and O–H groups in total. The van der Waals surface area contributed by atoms with Crippen LogP contribution in [0.4, 0.5) is 9.52 Å². The van der Waals surface area contributed by atoms with Crippen LogP contribution >= 0.6 is 22.7 Å². The van der Waals surface area contributed by atoms with Crippen molar-refractivity contribution in [3.05, 3.63) is 52.0 Å². The number of carbonyl (C=O) groups is 2. The lowest BCUT2D eigenvalue weighted by atomic mass is 9.96. The molecule has 2 amide bonds. The normalized spacial score (nSPS) is 19.2. The predicted octanol–water partition coefficient (Wildman–Crippen LogP) is 3.92. The Morgan fingerprint density at radius 1 is 1.31 bits per heavy atom. The summed E-state index contributed by atoms with van der Waals surface area (Å²) in [5, 5.41) is 15.4. The van der Waals surface area contributed by atoms with Crippen molar-refractivity contribution in [2.24, 2.45) is 0 Å². The third-order valence-corrected chi connectivity index (χ3v) is 7.55. The fourth-order valence-corrected chi connectivity index (χ4v) is 5.61. The quantitative estimate of drug-likeness (QED) is 0.565. The molecular weight excluding hydrogens is 451 g/mol. The van der Waals surface area contributed by atoms with Gasteiger partial charge in [0.1, 0.15) is 17.2 Å². The molecule has 32 heavy (non-hydrogen) atoms. The van der Waals surface area contributed by atoms with E-state index in [1.165, 1.54) is 27.6 Å². The summed E-state index contributed by atoms with van der Waals surface area (Å²) in [4.78, 5) is 36.2. The summed E-state index contributed by atoms with van der Waals surface area (Å²) in [5.41, 5.74) is 2.44. The number of rotatable bonds is 6. The first-order valence-electron chi connectivity index (χ1n) is 10.2. The molecule has 10 heteroatoms. The number of carbonyl (C=O) groups excluding carboxylic acids is 2.